The number of hydrogen-bond donors (Lipinski definition) is 2. The van der Waals surface area contributed by atoms with Gasteiger partial charge in [-0.1, -0.05) is 27.7 Å². The van der Waals surface area contributed by atoms with E-state index in [1.165, 1.54) is 0 Å². The normalized spacial score (nSPS) is 9.59. The highest BCUT2D eigenvalue weighted by Crippen LogP contribution is 1.82. The van der Waals surface area contributed by atoms with Crippen LogP contribution >= 0.6 is 0 Å². The van der Waals surface area contributed by atoms with Gasteiger partial charge in [0.1, 0.15) is 13.2 Å². The molecule has 0 aromatic heterocycles. The topological polar surface area (TPSA) is 104 Å². The van der Waals surface area contributed by atoms with Crippen LogP contribution in [-0.2, 0) is 33.3 Å². The Hall–Kier alpha value is -1.26. The first kappa shape index (κ1) is 32.4. The molecule has 0 fully saturated rings. The van der Waals surface area contributed by atoms with Crippen LogP contribution < -0.4 is 10.6 Å². The molecule has 0 aromatic carbocycles. The minimum absolute atomic E-state index is 0.0792. The van der Waals surface area contributed by atoms with Gasteiger partial charge in [-0.3, -0.25) is 9.59 Å². The van der Waals surface area contributed by atoms with Gasteiger partial charge in [0.05, 0.1) is 39.6 Å². The summed E-state index contributed by atoms with van der Waals surface area (Å²) in [6.07, 6.45) is 0. The first-order valence-corrected chi connectivity index (χ1v) is 10.6. The highest BCUT2D eigenvalue weighted by atomic mass is 16.5. The smallest absolute Gasteiger partial charge is 0.246 e. The molecule has 9 nitrogen and oxygen atoms in total. The average Bonchev–Trinajstić information content (AvgIpc) is 2.76. The number of hydrogen-bond acceptors (Lipinski definition) is 7. The fraction of sp³-hybridized carbons (Fsp3) is 0.900. The quantitative estimate of drug-likeness (QED) is 0.320. The summed E-state index contributed by atoms with van der Waals surface area (Å²) in [6.45, 7) is 16.5. The fourth-order valence-corrected chi connectivity index (χ4v) is 1.56. The molecular formula is C20H44N2O7. The zero-order valence-corrected chi connectivity index (χ0v) is 19.3. The summed E-state index contributed by atoms with van der Waals surface area (Å²) in [7, 11) is 0. The standard InChI is InChI=1S/C16H32N2O7.2C2H6/c1-3-21-13-15(19)17-5-7-23-9-11-25-12-10-24-8-6-18-16(20)14-22-4-2;2*1-2/h3-14H2,1-2H3,(H,17,19)(H,18,20);2*1-2H3. The van der Waals surface area contributed by atoms with Crippen LogP contribution in [0.2, 0.25) is 0 Å². The van der Waals surface area contributed by atoms with Crippen LogP contribution in [0.4, 0.5) is 0 Å². The van der Waals surface area contributed by atoms with Crippen LogP contribution in [0.5, 0.6) is 0 Å². The first-order valence-electron chi connectivity index (χ1n) is 10.6. The Morgan fingerprint density at radius 2 is 0.862 bits per heavy atom. The zero-order valence-electron chi connectivity index (χ0n) is 19.3. The largest absolute Gasteiger partial charge is 0.377 e. The van der Waals surface area contributed by atoms with Gasteiger partial charge in [0.15, 0.2) is 0 Å². The van der Waals surface area contributed by atoms with Crippen LogP contribution in [0.3, 0.4) is 0 Å². The molecule has 0 bridgehead atoms. The Morgan fingerprint density at radius 1 is 0.552 bits per heavy atom. The van der Waals surface area contributed by atoms with E-state index in [1.54, 1.807) is 0 Å². The third-order valence-corrected chi connectivity index (χ3v) is 2.76. The van der Waals surface area contributed by atoms with Crippen molar-refractivity contribution in [2.24, 2.45) is 0 Å². The number of carbonyl (C=O) groups excluding carboxylic acids is 2. The summed E-state index contributed by atoms with van der Waals surface area (Å²) in [5.74, 6) is -0.291. The number of rotatable bonds is 18. The van der Waals surface area contributed by atoms with E-state index in [0.717, 1.165) is 0 Å². The van der Waals surface area contributed by atoms with Gasteiger partial charge < -0.3 is 34.3 Å². The van der Waals surface area contributed by atoms with Crippen molar-refractivity contribution in [3.05, 3.63) is 0 Å². The third-order valence-electron chi connectivity index (χ3n) is 2.76. The van der Waals surface area contributed by atoms with Gasteiger partial charge in [0, 0.05) is 26.3 Å². The molecule has 0 saturated carbocycles. The van der Waals surface area contributed by atoms with E-state index in [4.69, 9.17) is 23.7 Å². The minimum atomic E-state index is -0.145. The number of ether oxygens (including phenoxy) is 5. The molecule has 0 aliphatic carbocycles. The van der Waals surface area contributed by atoms with Crippen LogP contribution in [-0.4, -0.2) is 91.0 Å². The van der Waals surface area contributed by atoms with E-state index < -0.39 is 0 Å². The van der Waals surface area contributed by atoms with E-state index in [9.17, 15) is 9.59 Å². The molecule has 0 radical (unpaired) electrons. The van der Waals surface area contributed by atoms with Crippen molar-refractivity contribution < 1.29 is 33.3 Å². The lowest BCUT2D eigenvalue weighted by Crippen LogP contribution is -2.31. The second-order valence-electron chi connectivity index (χ2n) is 4.81. The van der Waals surface area contributed by atoms with Gasteiger partial charge in [-0.05, 0) is 13.8 Å². The molecule has 0 unspecified atom stereocenters. The average molecular weight is 425 g/mol. The maximum absolute atomic E-state index is 11.2. The third kappa shape index (κ3) is 31.7. The van der Waals surface area contributed by atoms with E-state index >= 15 is 0 Å². The zero-order chi connectivity index (χ0) is 22.6. The van der Waals surface area contributed by atoms with Crippen LogP contribution in [0, 0.1) is 0 Å². The van der Waals surface area contributed by atoms with Gasteiger partial charge in [0.25, 0.3) is 0 Å². The first-order chi connectivity index (χ1) is 14.2. The summed E-state index contributed by atoms with van der Waals surface area (Å²) >= 11 is 0. The lowest BCUT2D eigenvalue weighted by molar-refractivity contribution is -0.126. The molecule has 29 heavy (non-hydrogen) atoms. The monoisotopic (exact) mass is 424 g/mol. The minimum Gasteiger partial charge on any atom is -0.377 e. The van der Waals surface area contributed by atoms with Gasteiger partial charge in [-0.25, -0.2) is 0 Å². The van der Waals surface area contributed by atoms with Crippen molar-refractivity contribution in [1.29, 1.82) is 0 Å². The van der Waals surface area contributed by atoms with Crippen LogP contribution in [0.15, 0.2) is 0 Å². The molecule has 0 spiro atoms. The molecular weight excluding hydrogens is 380 g/mol. The second kappa shape index (κ2) is 31.4. The molecule has 0 aromatic rings. The summed E-state index contributed by atoms with van der Waals surface area (Å²) in [4.78, 5) is 22.4. The Kier molecular flexibility index (Phi) is 35.1. The summed E-state index contributed by atoms with van der Waals surface area (Å²) < 4.78 is 25.9. The second-order valence-corrected chi connectivity index (χ2v) is 4.81. The number of nitrogens with one attached hydrogen (secondary N) is 2. The van der Waals surface area contributed by atoms with Crippen LogP contribution in [0.1, 0.15) is 41.5 Å². The van der Waals surface area contributed by atoms with Crippen molar-refractivity contribution in [2.75, 3.05) is 79.2 Å². The Bertz CT molecular complexity index is 302. The summed E-state index contributed by atoms with van der Waals surface area (Å²) in [6, 6.07) is 0. The molecule has 176 valence electrons. The van der Waals surface area contributed by atoms with Crippen molar-refractivity contribution in [3.8, 4) is 0 Å². The fourth-order valence-electron chi connectivity index (χ4n) is 1.56. The molecule has 0 aliphatic rings. The Balaban J connectivity index is -0.00000158. The molecule has 0 heterocycles. The van der Waals surface area contributed by atoms with E-state index in [0.29, 0.717) is 65.9 Å². The van der Waals surface area contributed by atoms with Crippen molar-refractivity contribution in [3.63, 3.8) is 0 Å². The summed E-state index contributed by atoms with van der Waals surface area (Å²) in [5, 5.41) is 5.36. The van der Waals surface area contributed by atoms with Crippen molar-refractivity contribution in [2.45, 2.75) is 41.5 Å². The summed E-state index contributed by atoms with van der Waals surface area (Å²) in [5.41, 5.74) is 0. The molecule has 2 N–H and O–H groups in total. The predicted octanol–water partition coefficient (Wildman–Crippen LogP) is 1.39. The van der Waals surface area contributed by atoms with E-state index in [2.05, 4.69) is 10.6 Å². The molecule has 0 atom stereocenters. The van der Waals surface area contributed by atoms with Gasteiger partial charge in [-0.2, -0.15) is 0 Å². The number of amides is 2. The Morgan fingerprint density at radius 3 is 1.17 bits per heavy atom. The Labute approximate surface area is 177 Å². The maximum Gasteiger partial charge on any atom is 0.246 e. The van der Waals surface area contributed by atoms with Crippen molar-refractivity contribution in [1.82, 2.24) is 10.6 Å². The van der Waals surface area contributed by atoms with Gasteiger partial charge >= 0.3 is 0 Å². The molecule has 0 aliphatic heterocycles. The molecule has 0 saturated heterocycles. The van der Waals surface area contributed by atoms with E-state index in [1.807, 2.05) is 41.5 Å². The van der Waals surface area contributed by atoms with Crippen molar-refractivity contribution >= 4 is 11.8 Å². The number of carbonyl (C=O) groups is 2. The van der Waals surface area contributed by atoms with Crippen LogP contribution in [0.25, 0.3) is 0 Å². The lowest BCUT2D eigenvalue weighted by Gasteiger charge is -2.08. The van der Waals surface area contributed by atoms with E-state index in [-0.39, 0.29) is 25.0 Å². The highest BCUT2D eigenvalue weighted by Gasteiger charge is 2.00. The molecule has 9 heteroatoms. The maximum atomic E-state index is 11.2. The lowest BCUT2D eigenvalue weighted by atomic mass is 10.6. The molecule has 2 amide bonds. The van der Waals surface area contributed by atoms with Gasteiger partial charge in [0.2, 0.25) is 11.8 Å². The molecule has 0 rings (SSSR count). The predicted molar refractivity (Wildman–Crippen MR) is 114 cm³/mol. The highest BCUT2D eigenvalue weighted by molar-refractivity contribution is 5.77. The van der Waals surface area contributed by atoms with Gasteiger partial charge in [-0.15, -0.1) is 0 Å². The SMILES string of the molecule is CC.CC.CCOCC(=O)NCCOCCOCCOCCNC(=O)COCC.